The second kappa shape index (κ2) is 9.64. The molecule has 0 aliphatic carbocycles. The number of amides is 1. The number of rotatable bonds is 6. The maximum atomic E-state index is 13.4. The molecule has 1 amide bonds. The first-order chi connectivity index (χ1) is 15.6. The Morgan fingerprint density at radius 1 is 1.00 bits per heavy atom. The van der Waals surface area contributed by atoms with Crippen LogP contribution in [0.5, 0.6) is 11.5 Å². The van der Waals surface area contributed by atoms with Crippen LogP contribution in [0.25, 0.3) is 11.3 Å². The van der Waals surface area contributed by atoms with Crippen LogP contribution in [0.3, 0.4) is 0 Å². The molecule has 32 heavy (non-hydrogen) atoms. The van der Waals surface area contributed by atoms with Gasteiger partial charge in [0.25, 0.3) is 0 Å². The molecule has 0 unspecified atom stereocenters. The van der Waals surface area contributed by atoms with E-state index in [1.807, 2.05) is 12.1 Å². The third-order valence-electron chi connectivity index (χ3n) is 5.61. The molecule has 2 aromatic carbocycles. The lowest BCUT2D eigenvalue weighted by atomic mass is 9.95. The molecule has 1 aromatic heterocycles. The van der Waals surface area contributed by atoms with E-state index in [4.69, 9.17) is 9.47 Å². The number of halogens is 1. The van der Waals surface area contributed by atoms with Crippen molar-refractivity contribution >= 4 is 17.4 Å². The van der Waals surface area contributed by atoms with Crippen LogP contribution in [0.1, 0.15) is 12.8 Å². The van der Waals surface area contributed by atoms with Crippen molar-refractivity contribution in [3.05, 3.63) is 60.4 Å². The number of carbonyl (C=O) groups is 1. The minimum Gasteiger partial charge on any atom is -0.493 e. The molecule has 1 aliphatic heterocycles. The summed E-state index contributed by atoms with van der Waals surface area (Å²) in [6, 6.07) is 15.3. The van der Waals surface area contributed by atoms with Gasteiger partial charge in [-0.15, -0.1) is 10.2 Å². The number of piperidine rings is 1. The predicted molar refractivity (Wildman–Crippen MR) is 121 cm³/mol. The largest absolute Gasteiger partial charge is 0.493 e. The Labute approximate surface area is 186 Å². The Morgan fingerprint density at radius 2 is 1.78 bits per heavy atom. The van der Waals surface area contributed by atoms with Crippen molar-refractivity contribution < 1.29 is 18.7 Å². The van der Waals surface area contributed by atoms with Gasteiger partial charge in [0.15, 0.2) is 17.3 Å². The Balaban J connectivity index is 1.34. The van der Waals surface area contributed by atoms with E-state index in [0.29, 0.717) is 54.4 Å². The number of carbonyl (C=O) groups excluding carboxylic acids is 1. The minimum absolute atomic E-state index is 0.00981. The normalized spacial score (nSPS) is 14.2. The van der Waals surface area contributed by atoms with Gasteiger partial charge in [0.2, 0.25) is 5.91 Å². The van der Waals surface area contributed by atoms with Crippen LogP contribution in [0, 0.1) is 11.7 Å². The van der Waals surface area contributed by atoms with Crippen LogP contribution < -0.4 is 19.7 Å². The van der Waals surface area contributed by atoms with Crippen LogP contribution in [-0.2, 0) is 4.79 Å². The number of methoxy groups -OCH3 is 2. The lowest BCUT2D eigenvalue weighted by molar-refractivity contribution is -0.120. The van der Waals surface area contributed by atoms with E-state index in [0.717, 1.165) is 5.82 Å². The molecule has 0 spiro atoms. The number of anilines is 2. The zero-order valence-electron chi connectivity index (χ0n) is 18.0. The molecule has 7 nitrogen and oxygen atoms in total. The molecule has 8 heteroatoms. The van der Waals surface area contributed by atoms with E-state index >= 15 is 0 Å². The van der Waals surface area contributed by atoms with Gasteiger partial charge in [0, 0.05) is 36.3 Å². The van der Waals surface area contributed by atoms with Gasteiger partial charge in [-0.2, -0.15) is 0 Å². The monoisotopic (exact) mass is 436 g/mol. The highest BCUT2D eigenvalue weighted by molar-refractivity contribution is 5.93. The fourth-order valence-electron chi connectivity index (χ4n) is 3.82. The molecule has 4 rings (SSSR count). The van der Waals surface area contributed by atoms with Gasteiger partial charge >= 0.3 is 0 Å². The summed E-state index contributed by atoms with van der Waals surface area (Å²) >= 11 is 0. The zero-order chi connectivity index (χ0) is 22.5. The van der Waals surface area contributed by atoms with E-state index < -0.39 is 0 Å². The molecule has 1 aliphatic rings. The number of hydrogen-bond acceptors (Lipinski definition) is 6. The number of benzene rings is 2. The number of aromatic nitrogens is 2. The van der Waals surface area contributed by atoms with Crippen LogP contribution in [-0.4, -0.2) is 43.4 Å². The summed E-state index contributed by atoms with van der Waals surface area (Å²) in [4.78, 5) is 14.8. The molecular weight excluding hydrogens is 411 g/mol. The van der Waals surface area contributed by atoms with E-state index in [-0.39, 0.29) is 17.6 Å². The maximum Gasteiger partial charge on any atom is 0.227 e. The fourth-order valence-corrected chi connectivity index (χ4v) is 3.82. The smallest absolute Gasteiger partial charge is 0.227 e. The summed E-state index contributed by atoms with van der Waals surface area (Å²) in [5.41, 5.74) is 1.99. The first-order valence-corrected chi connectivity index (χ1v) is 10.4. The fraction of sp³-hybridized carbons (Fsp3) is 0.292. The van der Waals surface area contributed by atoms with Crippen LogP contribution >= 0.6 is 0 Å². The highest BCUT2D eigenvalue weighted by Gasteiger charge is 2.26. The van der Waals surface area contributed by atoms with Gasteiger partial charge in [-0.05, 0) is 49.2 Å². The quantitative estimate of drug-likeness (QED) is 0.626. The molecule has 2 heterocycles. The van der Waals surface area contributed by atoms with Crippen LogP contribution in [0.15, 0.2) is 54.6 Å². The molecule has 1 N–H and O–H groups in total. The summed E-state index contributed by atoms with van der Waals surface area (Å²) in [5.74, 6) is 1.54. The molecule has 0 radical (unpaired) electrons. The topological polar surface area (TPSA) is 76.6 Å². The first-order valence-electron chi connectivity index (χ1n) is 10.4. The Kier molecular flexibility index (Phi) is 6.49. The van der Waals surface area contributed by atoms with Crippen LogP contribution in [0.4, 0.5) is 15.9 Å². The molecule has 0 atom stereocenters. The van der Waals surface area contributed by atoms with Crippen molar-refractivity contribution in [2.24, 2.45) is 5.92 Å². The SMILES string of the molecule is COc1ccc(NC(=O)C2CCN(c3ccc(-c4cccc(F)c4)nn3)CC2)cc1OC. The average molecular weight is 436 g/mol. The summed E-state index contributed by atoms with van der Waals surface area (Å²) in [6.07, 6.45) is 1.43. The maximum absolute atomic E-state index is 13.4. The van der Waals surface area contributed by atoms with Gasteiger partial charge in [-0.1, -0.05) is 12.1 Å². The van der Waals surface area contributed by atoms with Crippen molar-refractivity contribution in [2.45, 2.75) is 12.8 Å². The first kappa shape index (κ1) is 21.5. The standard InChI is InChI=1S/C24H25FN4O3/c1-31-21-8-6-19(15-22(21)32-2)26-24(30)16-10-12-29(13-11-16)23-9-7-20(27-28-23)17-4-3-5-18(25)14-17/h3-9,14-16H,10-13H2,1-2H3,(H,26,30). The van der Waals surface area contributed by atoms with Crippen LogP contribution in [0.2, 0.25) is 0 Å². The molecule has 0 bridgehead atoms. The van der Waals surface area contributed by atoms with Gasteiger partial charge in [-0.25, -0.2) is 4.39 Å². The Hall–Kier alpha value is -3.68. The lowest BCUT2D eigenvalue weighted by Crippen LogP contribution is -2.38. The minimum atomic E-state index is -0.304. The van der Waals surface area contributed by atoms with E-state index in [2.05, 4.69) is 20.4 Å². The number of ether oxygens (including phenoxy) is 2. The lowest BCUT2D eigenvalue weighted by Gasteiger charge is -2.31. The van der Waals surface area contributed by atoms with Crippen molar-refractivity contribution in [3.63, 3.8) is 0 Å². The summed E-state index contributed by atoms with van der Waals surface area (Å²) in [5, 5.41) is 11.5. The molecule has 0 saturated carbocycles. The summed E-state index contributed by atoms with van der Waals surface area (Å²) in [6.45, 7) is 1.41. The highest BCUT2D eigenvalue weighted by Crippen LogP contribution is 2.30. The van der Waals surface area contributed by atoms with Gasteiger partial charge < -0.3 is 19.7 Å². The van der Waals surface area contributed by atoms with E-state index in [1.165, 1.54) is 12.1 Å². The summed E-state index contributed by atoms with van der Waals surface area (Å²) in [7, 11) is 3.13. The van der Waals surface area contributed by atoms with Gasteiger partial charge in [0.05, 0.1) is 19.9 Å². The molecule has 1 saturated heterocycles. The Bertz CT molecular complexity index is 1080. The zero-order valence-corrected chi connectivity index (χ0v) is 18.0. The molecule has 3 aromatic rings. The number of nitrogens with one attached hydrogen (secondary N) is 1. The predicted octanol–water partition coefficient (Wildman–Crippen LogP) is 4.16. The molecule has 1 fully saturated rings. The number of hydrogen-bond donors (Lipinski definition) is 1. The Morgan fingerprint density at radius 3 is 2.44 bits per heavy atom. The van der Waals surface area contributed by atoms with Gasteiger partial charge in [0.1, 0.15) is 5.82 Å². The number of nitrogens with zero attached hydrogens (tertiary/aromatic N) is 3. The average Bonchev–Trinajstić information content (AvgIpc) is 2.84. The molecular formula is C24H25FN4O3. The van der Waals surface area contributed by atoms with E-state index in [1.54, 1.807) is 44.6 Å². The molecule has 166 valence electrons. The van der Waals surface area contributed by atoms with Crippen molar-refractivity contribution in [1.82, 2.24) is 10.2 Å². The third-order valence-corrected chi connectivity index (χ3v) is 5.61. The van der Waals surface area contributed by atoms with Crippen molar-refractivity contribution in [3.8, 4) is 22.8 Å². The summed E-state index contributed by atoms with van der Waals surface area (Å²) < 4.78 is 24.0. The second-order valence-electron chi connectivity index (χ2n) is 7.61. The van der Waals surface area contributed by atoms with Crippen molar-refractivity contribution in [2.75, 3.05) is 37.5 Å². The van der Waals surface area contributed by atoms with E-state index in [9.17, 15) is 9.18 Å². The van der Waals surface area contributed by atoms with Crippen molar-refractivity contribution in [1.29, 1.82) is 0 Å². The second-order valence-corrected chi connectivity index (χ2v) is 7.61. The third kappa shape index (κ3) is 4.80. The van der Waals surface area contributed by atoms with Gasteiger partial charge in [-0.3, -0.25) is 4.79 Å². The highest BCUT2D eigenvalue weighted by atomic mass is 19.1.